The monoisotopic (exact) mass is 271 g/mol. The Bertz CT molecular complexity index is 550. The van der Waals surface area contributed by atoms with Crippen LogP contribution in [0.1, 0.15) is 18.6 Å². The molecule has 2 aromatic carbocycles. The molecule has 2 N–H and O–H groups in total. The van der Waals surface area contributed by atoms with Gasteiger partial charge in [-0.05, 0) is 36.8 Å². The molecule has 4 heteroatoms. The molecule has 0 spiro atoms. The Kier molecular flexibility index (Phi) is 4.74. The van der Waals surface area contributed by atoms with Gasteiger partial charge in [0.05, 0.1) is 6.10 Å². The van der Waals surface area contributed by atoms with Gasteiger partial charge in [-0.2, -0.15) is 0 Å². The van der Waals surface area contributed by atoms with Crippen molar-refractivity contribution < 1.29 is 14.6 Å². The molecule has 1 amide bonds. The van der Waals surface area contributed by atoms with Gasteiger partial charge < -0.3 is 15.2 Å². The highest BCUT2D eigenvalue weighted by atomic mass is 16.5. The number of para-hydroxylation sites is 1. The third-order valence-electron chi connectivity index (χ3n) is 2.79. The highest BCUT2D eigenvalue weighted by molar-refractivity contribution is 5.91. The van der Waals surface area contributed by atoms with Gasteiger partial charge in [0, 0.05) is 5.69 Å². The van der Waals surface area contributed by atoms with Crippen LogP contribution in [0, 0.1) is 0 Å². The number of nitrogens with one attached hydrogen (secondary N) is 1. The number of ether oxygens (including phenoxy) is 1. The van der Waals surface area contributed by atoms with E-state index in [1.807, 2.05) is 30.3 Å². The molecule has 104 valence electrons. The number of aliphatic hydroxyl groups is 1. The van der Waals surface area contributed by atoms with Crippen molar-refractivity contribution in [1.29, 1.82) is 0 Å². The minimum absolute atomic E-state index is 0.0527. The standard InChI is InChI=1S/C16H17NO3/c1-12(18)13-7-9-15(10-8-13)20-11-16(19)17-14-5-3-2-4-6-14/h2-10,12,18H,11H2,1H3,(H,17,19)/t12-/m0/s1. The van der Waals surface area contributed by atoms with Crippen LogP contribution in [0.4, 0.5) is 5.69 Å². The molecule has 0 heterocycles. The fourth-order valence-corrected chi connectivity index (χ4v) is 1.71. The Balaban J connectivity index is 1.84. The molecule has 20 heavy (non-hydrogen) atoms. The zero-order valence-corrected chi connectivity index (χ0v) is 11.2. The van der Waals surface area contributed by atoms with Crippen LogP contribution < -0.4 is 10.1 Å². The maximum atomic E-state index is 11.7. The molecule has 0 aliphatic carbocycles. The van der Waals surface area contributed by atoms with Crippen LogP contribution >= 0.6 is 0 Å². The van der Waals surface area contributed by atoms with E-state index in [1.165, 1.54) is 0 Å². The number of anilines is 1. The van der Waals surface area contributed by atoms with Crippen LogP contribution in [0.25, 0.3) is 0 Å². The highest BCUT2D eigenvalue weighted by Crippen LogP contribution is 2.17. The van der Waals surface area contributed by atoms with E-state index in [9.17, 15) is 9.90 Å². The molecule has 0 aliphatic heterocycles. The first-order chi connectivity index (χ1) is 9.65. The van der Waals surface area contributed by atoms with E-state index in [1.54, 1.807) is 31.2 Å². The van der Waals surface area contributed by atoms with Crippen LogP contribution in [-0.4, -0.2) is 17.6 Å². The summed E-state index contributed by atoms with van der Waals surface area (Å²) in [7, 11) is 0. The van der Waals surface area contributed by atoms with E-state index >= 15 is 0 Å². The molecule has 0 fully saturated rings. The fraction of sp³-hybridized carbons (Fsp3) is 0.188. The summed E-state index contributed by atoms with van der Waals surface area (Å²) in [5, 5.41) is 12.1. The van der Waals surface area contributed by atoms with Crippen molar-refractivity contribution in [2.45, 2.75) is 13.0 Å². The van der Waals surface area contributed by atoms with Crippen molar-refractivity contribution in [3.8, 4) is 5.75 Å². The Morgan fingerprint density at radius 2 is 1.80 bits per heavy atom. The lowest BCUT2D eigenvalue weighted by Gasteiger charge is -2.09. The average Bonchev–Trinajstić information content (AvgIpc) is 2.46. The number of carbonyl (C=O) groups is 1. The summed E-state index contributed by atoms with van der Waals surface area (Å²) >= 11 is 0. The van der Waals surface area contributed by atoms with Crippen LogP contribution in [0.15, 0.2) is 54.6 Å². The van der Waals surface area contributed by atoms with Gasteiger partial charge >= 0.3 is 0 Å². The average molecular weight is 271 g/mol. The van der Waals surface area contributed by atoms with Crippen LogP contribution in [0.2, 0.25) is 0 Å². The topological polar surface area (TPSA) is 58.6 Å². The Labute approximate surface area is 118 Å². The first kappa shape index (κ1) is 14.1. The molecule has 0 radical (unpaired) electrons. The molecule has 0 aliphatic rings. The van der Waals surface area contributed by atoms with Crippen molar-refractivity contribution in [2.24, 2.45) is 0 Å². The maximum Gasteiger partial charge on any atom is 0.262 e. The van der Waals surface area contributed by atoms with E-state index in [0.29, 0.717) is 5.75 Å². The fourth-order valence-electron chi connectivity index (χ4n) is 1.71. The number of carbonyl (C=O) groups excluding carboxylic acids is 1. The zero-order valence-electron chi connectivity index (χ0n) is 11.2. The van der Waals surface area contributed by atoms with E-state index in [4.69, 9.17) is 4.74 Å². The van der Waals surface area contributed by atoms with Crippen molar-refractivity contribution in [3.05, 3.63) is 60.2 Å². The van der Waals surface area contributed by atoms with Crippen molar-refractivity contribution in [3.63, 3.8) is 0 Å². The van der Waals surface area contributed by atoms with Crippen LogP contribution in [-0.2, 0) is 4.79 Å². The number of hydrogen-bond donors (Lipinski definition) is 2. The largest absolute Gasteiger partial charge is 0.484 e. The third-order valence-corrected chi connectivity index (χ3v) is 2.79. The van der Waals surface area contributed by atoms with Gasteiger partial charge in [0.25, 0.3) is 5.91 Å². The Morgan fingerprint density at radius 1 is 1.15 bits per heavy atom. The quantitative estimate of drug-likeness (QED) is 0.879. The molecule has 0 saturated heterocycles. The molecule has 0 unspecified atom stereocenters. The van der Waals surface area contributed by atoms with E-state index in [0.717, 1.165) is 11.3 Å². The molecule has 1 atom stereocenters. The van der Waals surface area contributed by atoms with Gasteiger partial charge in [-0.3, -0.25) is 4.79 Å². The van der Waals surface area contributed by atoms with Crippen molar-refractivity contribution >= 4 is 11.6 Å². The summed E-state index contributed by atoms with van der Waals surface area (Å²) in [6.07, 6.45) is -0.509. The summed E-state index contributed by atoms with van der Waals surface area (Å²) in [5.41, 5.74) is 1.55. The number of amides is 1. The lowest BCUT2D eigenvalue weighted by molar-refractivity contribution is -0.118. The van der Waals surface area contributed by atoms with Gasteiger partial charge in [0.2, 0.25) is 0 Å². The second-order valence-electron chi connectivity index (χ2n) is 4.45. The highest BCUT2D eigenvalue weighted by Gasteiger charge is 2.04. The second-order valence-corrected chi connectivity index (χ2v) is 4.45. The first-order valence-electron chi connectivity index (χ1n) is 6.41. The summed E-state index contributed by atoms with van der Waals surface area (Å²) in [4.78, 5) is 11.7. The summed E-state index contributed by atoms with van der Waals surface area (Å²) < 4.78 is 5.38. The minimum atomic E-state index is -0.509. The lowest BCUT2D eigenvalue weighted by atomic mass is 10.1. The van der Waals surface area contributed by atoms with E-state index < -0.39 is 6.10 Å². The minimum Gasteiger partial charge on any atom is -0.484 e. The van der Waals surface area contributed by atoms with Gasteiger partial charge in [-0.1, -0.05) is 30.3 Å². The van der Waals surface area contributed by atoms with E-state index in [2.05, 4.69) is 5.32 Å². The van der Waals surface area contributed by atoms with Gasteiger partial charge in [-0.25, -0.2) is 0 Å². The van der Waals surface area contributed by atoms with Gasteiger partial charge in [-0.15, -0.1) is 0 Å². The third kappa shape index (κ3) is 4.10. The molecular weight excluding hydrogens is 254 g/mol. The van der Waals surface area contributed by atoms with E-state index in [-0.39, 0.29) is 12.5 Å². The molecule has 0 aromatic heterocycles. The molecule has 0 saturated carbocycles. The predicted molar refractivity (Wildman–Crippen MR) is 77.6 cm³/mol. The predicted octanol–water partition coefficient (Wildman–Crippen LogP) is 2.76. The van der Waals surface area contributed by atoms with Gasteiger partial charge in [0.1, 0.15) is 5.75 Å². The summed E-state index contributed by atoms with van der Waals surface area (Å²) in [5.74, 6) is 0.383. The zero-order chi connectivity index (χ0) is 14.4. The van der Waals surface area contributed by atoms with Crippen LogP contribution in [0.5, 0.6) is 5.75 Å². The molecule has 4 nitrogen and oxygen atoms in total. The summed E-state index contributed by atoms with van der Waals surface area (Å²) in [6, 6.07) is 16.2. The molecular formula is C16H17NO3. The smallest absolute Gasteiger partial charge is 0.262 e. The van der Waals surface area contributed by atoms with Crippen molar-refractivity contribution in [2.75, 3.05) is 11.9 Å². The Morgan fingerprint density at radius 3 is 2.40 bits per heavy atom. The number of hydrogen-bond acceptors (Lipinski definition) is 3. The number of benzene rings is 2. The maximum absolute atomic E-state index is 11.7. The van der Waals surface area contributed by atoms with Crippen LogP contribution in [0.3, 0.4) is 0 Å². The summed E-state index contributed by atoms with van der Waals surface area (Å²) in [6.45, 7) is 1.64. The molecule has 2 aromatic rings. The van der Waals surface area contributed by atoms with Crippen molar-refractivity contribution in [1.82, 2.24) is 0 Å². The normalized spacial score (nSPS) is 11.7. The molecule has 2 rings (SSSR count). The number of aliphatic hydroxyl groups excluding tert-OH is 1. The number of rotatable bonds is 5. The lowest BCUT2D eigenvalue weighted by Crippen LogP contribution is -2.20. The SMILES string of the molecule is C[C@H](O)c1ccc(OCC(=O)Nc2ccccc2)cc1. The van der Waals surface area contributed by atoms with Gasteiger partial charge in [0.15, 0.2) is 6.61 Å². The first-order valence-corrected chi connectivity index (χ1v) is 6.41. The second kappa shape index (κ2) is 6.73. The molecule has 0 bridgehead atoms. The Hall–Kier alpha value is -2.33.